The molecule has 3 nitrogen and oxygen atoms in total. The van der Waals surface area contributed by atoms with Crippen LogP contribution in [-0.2, 0) is 0 Å². The number of aliphatic hydroxyl groups excluding tert-OH is 1. The molecule has 0 aliphatic carbocycles. The lowest BCUT2D eigenvalue weighted by Crippen LogP contribution is -2.62. The lowest BCUT2D eigenvalue weighted by atomic mass is 9.94. The largest absolute Gasteiger partial charge is 0.396 e. The third-order valence-corrected chi connectivity index (χ3v) is 4.40. The Morgan fingerprint density at radius 3 is 2.63 bits per heavy atom. The van der Waals surface area contributed by atoms with Gasteiger partial charge in [0, 0.05) is 37.0 Å². The van der Waals surface area contributed by atoms with E-state index in [1.807, 2.05) is 0 Å². The molecule has 1 heterocycles. The molecule has 0 bridgehead atoms. The minimum absolute atomic E-state index is 0.161. The molecule has 106 valence electrons. The normalized spacial score (nSPS) is 23.6. The highest BCUT2D eigenvalue weighted by Crippen LogP contribution is 2.31. The van der Waals surface area contributed by atoms with Crippen molar-refractivity contribution < 1.29 is 5.11 Å². The van der Waals surface area contributed by atoms with E-state index in [-0.39, 0.29) is 12.1 Å². The Bertz CT molecular complexity index is 431. The number of aliphatic hydroxyl groups is 1. The molecule has 1 fully saturated rings. The quantitative estimate of drug-likeness (QED) is 0.905. The zero-order chi connectivity index (χ0) is 14.0. The fraction of sp³-hybridized carbons (Fsp3) is 0.625. The van der Waals surface area contributed by atoms with Crippen molar-refractivity contribution in [2.24, 2.45) is 0 Å². The maximum atomic E-state index is 9.32. The summed E-state index contributed by atoms with van der Waals surface area (Å²) in [7, 11) is 2.18. The van der Waals surface area contributed by atoms with Gasteiger partial charge < -0.3 is 10.0 Å². The van der Waals surface area contributed by atoms with E-state index >= 15 is 0 Å². The molecule has 1 aromatic rings. The van der Waals surface area contributed by atoms with Gasteiger partial charge in [-0.15, -0.1) is 0 Å². The summed E-state index contributed by atoms with van der Waals surface area (Å²) in [6.45, 7) is 8.99. The molecule has 1 aliphatic rings. The predicted octanol–water partition coefficient (Wildman–Crippen LogP) is 2.28. The average Bonchev–Trinajstić information content (AvgIpc) is 2.35. The van der Waals surface area contributed by atoms with Crippen LogP contribution >= 0.6 is 0 Å². The smallest absolute Gasteiger partial charge is 0.0451 e. The fourth-order valence-electron chi connectivity index (χ4n) is 2.89. The van der Waals surface area contributed by atoms with Crippen LogP contribution in [0.25, 0.3) is 0 Å². The van der Waals surface area contributed by atoms with Crippen LogP contribution in [0.2, 0.25) is 0 Å². The van der Waals surface area contributed by atoms with E-state index in [0.717, 1.165) is 19.5 Å². The Hall–Kier alpha value is -1.06. The van der Waals surface area contributed by atoms with Crippen molar-refractivity contribution in [3.8, 4) is 0 Å². The Labute approximate surface area is 116 Å². The maximum absolute atomic E-state index is 9.32. The molecule has 1 aromatic carbocycles. The van der Waals surface area contributed by atoms with Crippen LogP contribution in [0.4, 0.5) is 5.69 Å². The SMILES string of the molecule is Cc1ccccc1N1CC(C)(C)N(C)CC1CCO. The number of rotatable bonds is 3. The summed E-state index contributed by atoms with van der Waals surface area (Å²) in [6.07, 6.45) is 0.828. The van der Waals surface area contributed by atoms with E-state index in [4.69, 9.17) is 0 Å². The fourth-order valence-corrected chi connectivity index (χ4v) is 2.89. The summed E-state index contributed by atoms with van der Waals surface area (Å²) in [5.74, 6) is 0. The zero-order valence-corrected chi connectivity index (χ0v) is 12.6. The second-order valence-corrected chi connectivity index (χ2v) is 6.27. The first-order valence-electron chi connectivity index (χ1n) is 7.10. The van der Waals surface area contributed by atoms with Gasteiger partial charge in [-0.05, 0) is 45.9 Å². The van der Waals surface area contributed by atoms with E-state index in [1.165, 1.54) is 11.3 Å². The summed E-state index contributed by atoms with van der Waals surface area (Å²) in [6, 6.07) is 8.94. The second kappa shape index (κ2) is 5.51. The molecule has 1 atom stereocenters. The number of nitrogens with zero attached hydrogens (tertiary/aromatic N) is 2. The van der Waals surface area contributed by atoms with Gasteiger partial charge in [0.25, 0.3) is 0 Å². The number of anilines is 1. The number of likely N-dealkylation sites (N-methyl/N-ethyl adjacent to an activating group) is 1. The van der Waals surface area contributed by atoms with E-state index in [1.54, 1.807) is 0 Å². The second-order valence-electron chi connectivity index (χ2n) is 6.27. The topological polar surface area (TPSA) is 26.7 Å². The van der Waals surface area contributed by atoms with Crippen LogP contribution in [0.1, 0.15) is 25.8 Å². The summed E-state index contributed by atoms with van der Waals surface area (Å²) >= 11 is 0. The standard InChI is InChI=1S/C16H26N2O/c1-13-7-5-6-8-15(13)18-12-16(2,3)17(4)11-14(18)9-10-19/h5-8,14,19H,9-12H2,1-4H3. The minimum Gasteiger partial charge on any atom is -0.396 e. The Balaban J connectivity index is 2.31. The molecule has 1 N–H and O–H groups in total. The first-order chi connectivity index (χ1) is 8.95. The molecule has 0 spiro atoms. The van der Waals surface area contributed by atoms with Gasteiger partial charge in [0.05, 0.1) is 0 Å². The molecular formula is C16H26N2O. The van der Waals surface area contributed by atoms with Gasteiger partial charge in [-0.25, -0.2) is 0 Å². The van der Waals surface area contributed by atoms with Crippen LogP contribution in [0.15, 0.2) is 24.3 Å². The highest BCUT2D eigenvalue weighted by Gasteiger charge is 2.36. The number of benzene rings is 1. The van der Waals surface area contributed by atoms with Crippen LogP contribution in [0.3, 0.4) is 0 Å². The molecule has 19 heavy (non-hydrogen) atoms. The third-order valence-electron chi connectivity index (χ3n) is 4.40. The molecule has 0 aromatic heterocycles. The van der Waals surface area contributed by atoms with Crippen molar-refractivity contribution in [1.82, 2.24) is 4.90 Å². The van der Waals surface area contributed by atoms with E-state index in [9.17, 15) is 5.11 Å². The van der Waals surface area contributed by atoms with Crippen LogP contribution in [0, 0.1) is 6.92 Å². The van der Waals surface area contributed by atoms with Crippen molar-refractivity contribution in [2.45, 2.75) is 38.8 Å². The number of hydrogen-bond donors (Lipinski definition) is 1. The van der Waals surface area contributed by atoms with Crippen molar-refractivity contribution in [1.29, 1.82) is 0 Å². The lowest BCUT2D eigenvalue weighted by Gasteiger charge is -2.51. The molecule has 1 unspecified atom stereocenters. The van der Waals surface area contributed by atoms with Gasteiger partial charge >= 0.3 is 0 Å². The van der Waals surface area contributed by atoms with Gasteiger partial charge in [-0.1, -0.05) is 18.2 Å². The maximum Gasteiger partial charge on any atom is 0.0451 e. The van der Waals surface area contributed by atoms with E-state index in [0.29, 0.717) is 6.04 Å². The van der Waals surface area contributed by atoms with Gasteiger partial charge in [-0.3, -0.25) is 4.90 Å². The monoisotopic (exact) mass is 262 g/mol. The van der Waals surface area contributed by atoms with Crippen molar-refractivity contribution in [2.75, 3.05) is 31.6 Å². The van der Waals surface area contributed by atoms with Gasteiger partial charge in [-0.2, -0.15) is 0 Å². The minimum atomic E-state index is 0.161. The van der Waals surface area contributed by atoms with Crippen molar-refractivity contribution in [3.63, 3.8) is 0 Å². The summed E-state index contributed by atoms with van der Waals surface area (Å²) in [5.41, 5.74) is 2.78. The van der Waals surface area contributed by atoms with Gasteiger partial charge in [0.2, 0.25) is 0 Å². The molecular weight excluding hydrogens is 236 g/mol. The number of hydrogen-bond acceptors (Lipinski definition) is 3. The highest BCUT2D eigenvalue weighted by atomic mass is 16.3. The Morgan fingerprint density at radius 2 is 2.00 bits per heavy atom. The number of piperazine rings is 1. The zero-order valence-electron chi connectivity index (χ0n) is 12.6. The predicted molar refractivity (Wildman–Crippen MR) is 80.7 cm³/mol. The summed E-state index contributed by atoms with van der Waals surface area (Å²) in [4.78, 5) is 4.88. The van der Waals surface area contributed by atoms with Crippen molar-refractivity contribution in [3.05, 3.63) is 29.8 Å². The number of para-hydroxylation sites is 1. The van der Waals surface area contributed by atoms with Gasteiger partial charge in [0.15, 0.2) is 0 Å². The average molecular weight is 262 g/mol. The Kier molecular flexibility index (Phi) is 4.16. The first kappa shape index (κ1) is 14.4. The lowest BCUT2D eigenvalue weighted by molar-refractivity contribution is 0.105. The molecule has 1 saturated heterocycles. The van der Waals surface area contributed by atoms with Gasteiger partial charge in [0.1, 0.15) is 0 Å². The molecule has 2 rings (SSSR count). The molecule has 0 saturated carbocycles. The molecule has 1 aliphatic heterocycles. The first-order valence-corrected chi connectivity index (χ1v) is 7.10. The van der Waals surface area contributed by atoms with E-state index < -0.39 is 0 Å². The summed E-state index contributed by atoms with van der Waals surface area (Å²) in [5, 5.41) is 9.32. The van der Waals surface area contributed by atoms with E-state index in [2.05, 4.69) is 61.9 Å². The molecule has 3 heteroatoms. The van der Waals surface area contributed by atoms with Crippen LogP contribution in [-0.4, -0.2) is 48.3 Å². The highest BCUT2D eigenvalue weighted by molar-refractivity contribution is 5.54. The Morgan fingerprint density at radius 1 is 1.32 bits per heavy atom. The van der Waals surface area contributed by atoms with Crippen LogP contribution in [0.5, 0.6) is 0 Å². The van der Waals surface area contributed by atoms with Crippen LogP contribution < -0.4 is 4.90 Å². The van der Waals surface area contributed by atoms with Crippen molar-refractivity contribution >= 4 is 5.69 Å². The number of aryl methyl sites for hydroxylation is 1. The third kappa shape index (κ3) is 2.93. The molecule has 0 radical (unpaired) electrons. The summed E-state index contributed by atoms with van der Waals surface area (Å²) < 4.78 is 0. The molecule has 0 amide bonds.